The standard InChI is InChI=1S/C14H19N3OS/c1-2-8-15-11-12-5-6-14(17-16-12)18-9-7-13-4-3-10-19-13/h3-6,10,15H,2,7-9,11H2,1H3. The maximum atomic E-state index is 5.57. The molecule has 19 heavy (non-hydrogen) atoms. The molecule has 0 bridgehead atoms. The molecule has 0 radical (unpaired) electrons. The van der Waals surface area contributed by atoms with Crippen molar-refractivity contribution >= 4 is 11.3 Å². The summed E-state index contributed by atoms with van der Waals surface area (Å²) >= 11 is 1.75. The lowest BCUT2D eigenvalue weighted by Crippen LogP contribution is -2.15. The molecule has 0 saturated heterocycles. The fourth-order valence-corrected chi connectivity index (χ4v) is 2.31. The van der Waals surface area contributed by atoms with Gasteiger partial charge in [0.05, 0.1) is 12.3 Å². The quantitative estimate of drug-likeness (QED) is 0.754. The molecular weight excluding hydrogens is 258 g/mol. The number of hydrogen-bond donors (Lipinski definition) is 1. The molecule has 2 rings (SSSR count). The second-order valence-corrected chi connectivity index (χ2v) is 5.25. The molecule has 102 valence electrons. The highest BCUT2D eigenvalue weighted by Crippen LogP contribution is 2.10. The fourth-order valence-electron chi connectivity index (χ4n) is 1.62. The van der Waals surface area contributed by atoms with Gasteiger partial charge in [0.2, 0.25) is 5.88 Å². The van der Waals surface area contributed by atoms with Crippen LogP contribution in [0.3, 0.4) is 0 Å². The Kier molecular flexibility index (Phi) is 5.78. The van der Waals surface area contributed by atoms with Gasteiger partial charge in [0.25, 0.3) is 0 Å². The van der Waals surface area contributed by atoms with Crippen molar-refractivity contribution in [2.24, 2.45) is 0 Å². The lowest BCUT2D eigenvalue weighted by molar-refractivity contribution is 0.306. The van der Waals surface area contributed by atoms with Gasteiger partial charge < -0.3 is 10.1 Å². The second-order valence-electron chi connectivity index (χ2n) is 4.22. The third-order valence-corrected chi connectivity index (χ3v) is 3.54. The third kappa shape index (κ3) is 4.96. The third-order valence-electron chi connectivity index (χ3n) is 2.61. The van der Waals surface area contributed by atoms with Crippen molar-refractivity contribution in [3.63, 3.8) is 0 Å². The van der Waals surface area contributed by atoms with Gasteiger partial charge in [-0.2, -0.15) is 5.10 Å². The van der Waals surface area contributed by atoms with Crippen LogP contribution in [0.15, 0.2) is 29.6 Å². The molecule has 0 unspecified atom stereocenters. The van der Waals surface area contributed by atoms with E-state index in [2.05, 4.69) is 40.0 Å². The first-order chi connectivity index (χ1) is 9.38. The summed E-state index contributed by atoms with van der Waals surface area (Å²) in [6.45, 7) is 4.54. The summed E-state index contributed by atoms with van der Waals surface area (Å²) < 4.78 is 5.57. The Morgan fingerprint density at radius 2 is 2.21 bits per heavy atom. The Morgan fingerprint density at radius 3 is 2.89 bits per heavy atom. The zero-order chi connectivity index (χ0) is 13.3. The predicted octanol–water partition coefficient (Wildman–Crippen LogP) is 2.66. The second kappa shape index (κ2) is 7.86. The van der Waals surface area contributed by atoms with Gasteiger partial charge in [-0.1, -0.05) is 13.0 Å². The Hall–Kier alpha value is -1.46. The number of aromatic nitrogens is 2. The highest BCUT2D eigenvalue weighted by Gasteiger charge is 2.00. The number of nitrogens with one attached hydrogen (secondary N) is 1. The number of thiophene rings is 1. The van der Waals surface area contributed by atoms with Gasteiger partial charge in [-0.15, -0.1) is 16.4 Å². The Labute approximate surface area is 117 Å². The molecule has 1 N–H and O–H groups in total. The van der Waals surface area contributed by atoms with Crippen molar-refractivity contribution in [1.82, 2.24) is 15.5 Å². The monoisotopic (exact) mass is 277 g/mol. The summed E-state index contributed by atoms with van der Waals surface area (Å²) in [5.41, 5.74) is 0.944. The fraction of sp³-hybridized carbons (Fsp3) is 0.429. The van der Waals surface area contributed by atoms with E-state index < -0.39 is 0 Å². The largest absolute Gasteiger partial charge is 0.476 e. The minimum Gasteiger partial charge on any atom is -0.476 e. The van der Waals surface area contributed by atoms with Crippen molar-refractivity contribution < 1.29 is 4.74 Å². The smallest absolute Gasteiger partial charge is 0.233 e. The van der Waals surface area contributed by atoms with Crippen LogP contribution in [0.1, 0.15) is 23.9 Å². The highest BCUT2D eigenvalue weighted by atomic mass is 32.1. The van der Waals surface area contributed by atoms with E-state index in [9.17, 15) is 0 Å². The van der Waals surface area contributed by atoms with Crippen molar-refractivity contribution in [2.45, 2.75) is 26.3 Å². The van der Waals surface area contributed by atoms with Crippen LogP contribution in [0.2, 0.25) is 0 Å². The van der Waals surface area contributed by atoms with Gasteiger partial charge in [0, 0.05) is 23.9 Å². The lowest BCUT2D eigenvalue weighted by atomic mass is 10.3. The van der Waals surface area contributed by atoms with Crippen LogP contribution in [0.4, 0.5) is 0 Å². The topological polar surface area (TPSA) is 47.0 Å². The van der Waals surface area contributed by atoms with Gasteiger partial charge in [0.15, 0.2) is 0 Å². The summed E-state index contributed by atoms with van der Waals surface area (Å²) in [7, 11) is 0. The highest BCUT2D eigenvalue weighted by molar-refractivity contribution is 7.09. The van der Waals surface area contributed by atoms with Crippen LogP contribution in [-0.2, 0) is 13.0 Å². The Morgan fingerprint density at radius 1 is 1.26 bits per heavy atom. The van der Waals surface area contributed by atoms with E-state index in [4.69, 9.17) is 4.74 Å². The van der Waals surface area contributed by atoms with Crippen LogP contribution in [0.5, 0.6) is 5.88 Å². The molecule has 0 aliphatic carbocycles. The molecular formula is C14H19N3OS. The first kappa shape index (κ1) is 14.0. The maximum absolute atomic E-state index is 5.57. The molecule has 2 aromatic rings. The van der Waals surface area contributed by atoms with Gasteiger partial charge in [-0.3, -0.25) is 0 Å². The molecule has 0 aliphatic rings. The molecule has 0 saturated carbocycles. The minimum atomic E-state index is 0.593. The number of rotatable bonds is 8. The van der Waals surface area contributed by atoms with E-state index in [1.54, 1.807) is 11.3 Å². The van der Waals surface area contributed by atoms with Gasteiger partial charge in [-0.25, -0.2) is 0 Å². The number of hydrogen-bond acceptors (Lipinski definition) is 5. The van der Waals surface area contributed by atoms with Crippen LogP contribution in [0.25, 0.3) is 0 Å². The molecule has 0 spiro atoms. The Balaban J connectivity index is 1.72. The normalized spacial score (nSPS) is 10.6. The predicted molar refractivity (Wildman–Crippen MR) is 77.5 cm³/mol. The average Bonchev–Trinajstić information content (AvgIpc) is 2.94. The summed E-state index contributed by atoms with van der Waals surface area (Å²) in [4.78, 5) is 1.33. The SMILES string of the molecule is CCCNCc1ccc(OCCc2cccs2)nn1. The van der Waals surface area contributed by atoms with Crippen molar-refractivity contribution in [2.75, 3.05) is 13.2 Å². The molecule has 0 atom stereocenters. The van der Waals surface area contributed by atoms with E-state index in [0.717, 1.165) is 31.6 Å². The van der Waals surface area contributed by atoms with Crippen molar-refractivity contribution in [3.05, 3.63) is 40.2 Å². The summed E-state index contributed by atoms with van der Waals surface area (Å²) in [6.07, 6.45) is 2.04. The van der Waals surface area contributed by atoms with E-state index in [-0.39, 0.29) is 0 Å². The molecule has 0 aromatic carbocycles. The minimum absolute atomic E-state index is 0.593. The average molecular weight is 277 g/mol. The van der Waals surface area contributed by atoms with E-state index in [0.29, 0.717) is 12.5 Å². The molecule has 4 nitrogen and oxygen atoms in total. The van der Waals surface area contributed by atoms with Gasteiger partial charge in [0.1, 0.15) is 0 Å². The molecule has 2 heterocycles. The molecule has 0 fully saturated rings. The first-order valence-corrected chi connectivity index (χ1v) is 7.45. The maximum Gasteiger partial charge on any atom is 0.233 e. The Bertz CT molecular complexity index is 456. The zero-order valence-electron chi connectivity index (χ0n) is 11.1. The number of ether oxygens (including phenoxy) is 1. The van der Waals surface area contributed by atoms with Crippen LogP contribution >= 0.6 is 11.3 Å². The van der Waals surface area contributed by atoms with Gasteiger partial charge >= 0.3 is 0 Å². The van der Waals surface area contributed by atoms with E-state index >= 15 is 0 Å². The summed E-state index contributed by atoms with van der Waals surface area (Å²) in [6, 6.07) is 8.00. The number of nitrogens with zero attached hydrogens (tertiary/aromatic N) is 2. The first-order valence-electron chi connectivity index (χ1n) is 6.57. The van der Waals surface area contributed by atoms with Crippen LogP contribution < -0.4 is 10.1 Å². The van der Waals surface area contributed by atoms with E-state index in [1.165, 1.54) is 4.88 Å². The summed E-state index contributed by atoms with van der Waals surface area (Å²) in [5, 5.41) is 13.6. The molecule has 0 amide bonds. The molecule has 5 heteroatoms. The zero-order valence-corrected chi connectivity index (χ0v) is 11.9. The van der Waals surface area contributed by atoms with Crippen molar-refractivity contribution in [1.29, 1.82) is 0 Å². The summed E-state index contributed by atoms with van der Waals surface area (Å²) in [5.74, 6) is 0.593. The van der Waals surface area contributed by atoms with E-state index in [1.807, 2.05) is 12.1 Å². The van der Waals surface area contributed by atoms with Crippen LogP contribution in [-0.4, -0.2) is 23.3 Å². The van der Waals surface area contributed by atoms with Crippen molar-refractivity contribution in [3.8, 4) is 5.88 Å². The molecule has 0 aliphatic heterocycles. The van der Waals surface area contributed by atoms with Crippen LogP contribution in [0, 0.1) is 0 Å². The van der Waals surface area contributed by atoms with Gasteiger partial charge in [-0.05, 0) is 30.5 Å². The lowest BCUT2D eigenvalue weighted by Gasteiger charge is -2.05. The molecule has 2 aromatic heterocycles.